The van der Waals surface area contributed by atoms with E-state index in [1.807, 2.05) is 29.2 Å². The Morgan fingerprint density at radius 2 is 1.62 bits per heavy atom. The van der Waals surface area contributed by atoms with Crippen molar-refractivity contribution in [1.29, 1.82) is 0 Å². The lowest BCUT2D eigenvalue weighted by Gasteiger charge is -2.36. The number of benzene rings is 3. The maximum atomic E-state index is 13.9. The summed E-state index contributed by atoms with van der Waals surface area (Å²) in [5.41, 5.74) is 4.31. The molecule has 5 nitrogen and oxygen atoms in total. The van der Waals surface area contributed by atoms with Crippen LogP contribution in [-0.4, -0.2) is 50.6 Å². The number of hydrogen-bond acceptors (Lipinski definition) is 4. The Morgan fingerprint density at radius 3 is 2.38 bits per heavy atom. The lowest BCUT2D eigenvalue weighted by molar-refractivity contribution is -0.123. The molecule has 0 radical (unpaired) electrons. The van der Waals surface area contributed by atoms with Gasteiger partial charge in [-0.1, -0.05) is 67.9 Å². The molecule has 3 aromatic rings. The van der Waals surface area contributed by atoms with Crippen molar-refractivity contribution >= 4 is 17.3 Å². The van der Waals surface area contributed by atoms with Gasteiger partial charge < -0.3 is 14.5 Å². The number of anilines is 2. The summed E-state index contributed by atoms with van der Waals surface area (Å²) < 4.78 is 5.39. The Hall–Kier alpha value is -3.31. The summed E-state index contributed by atoms with van der Waals surface area (Å²) in [6.07, 6.45) is 3.93. The van der Waals surface area contributed by atoms with E-state index in [1.165, 1.54) is 16.8 Å². The highest BCUT2D eigenvalue weighted by Gasteiger charge is 2.48. The fourth-order valence-corrected chi connectivity index (χ4v) is 6.08. The zero-order chi connectivity index (χ0) is 25.7. The predicted octanol–water partition coefficient (Wildman–Crippen LogP) is 5.88. The molecule has 0 bridgehead atoms. The van der Waals surface area contributed by atoms with Gasteiger partial charge in [0.2, 0.25) is 5.91 Å². The van der Waals surface area contributed by atoms with Gasteiger partial charge >= 0.3 is 0 Å². The Labute approximate surface area is 221 Å². The summed E-state index contributed by atoms with van der Waals surface area (Å²) in [6, 6.07) is 27.1. The molecule has 1 amide bonds. The number of fused-ring (bicyclic) bond motifs is 1. The number of piperazine rings is 1. The standard InChI is InChI=1S/C32H39N3O2/c1-3-32(29-16-7-8-17-30(29)35(31(32)36)25-26-12-5-4-6-13-26)18-9-10-19-33-20-22-34(23-21-33)27-14-11-15-28(24-27)37-2/h4-8,11-17,24H,3,9-10,18-23,25H2,1-2H3. The molecular weight excluding hydrogens is 458 g/mol. The van der Waals surface area contributed by atoms with Crippen LogP contribution >= 0.6 is 0 Å². The van der Waals surface area contributed by atoms with Crippen molar-refractivity contribution in [2.45, 2.75) is 44.6 Å². The van der Waals surface area contributed by atoms with Crippen LogP contribution in [0.15, 0.2) is 78.9 Å². The summed E-state index contributed by atoms with van der Waals surface area (Å²) in [5, 5.41) is 0. The number of ether oxygens (including phenoxy) is 1. The second-order valence-corrected chi connectivity index (χ2v) is 10.3. The number of methoxy groups -OCH3 is 1. The fourth-order valence-electron chi connectivity index (χ4n) is 6.08. The van der Waals surface area contributed by atoms with Crippen molar-refractivity contribution in [3.8, 4) is 5.75 Å². The number of amides is 1. The maximum absolute atomic E-state index is 13.9. The fraction of sp³-hybridized carbons (Fsp3) is 0.406. The van der Waals surface area contributed by atoms with Gasteiger partial charge in [-0.2, -0.15) is 0 Å². The number of para-hydroxylation sites is 1. The van der Waals surface area contributed by atoms with Gasteiger partial charge in [0, 0.05) is 43.6 Å². The van der Waals surface area contributed by atoms with E-state index >= 15 is 0 Å². The molecule has 194 valence electrons. The smallest absolute Gasteiger partial charge is 0.238 e. The summed E-state index contributed by atoms with van der Waals surface area (Å²) in [6.45, 7) is 8.12. The highest BCUT2D eigenvalue weighted by molar-refractivity contribution is 6.08. The third-order valence-electron chi connectivity index (χ3n) is 8.27. The average Bonchev–Trinajstić information content (AvgIpc) is 3.19. The van der Waals surface area contributed by atoms with Gasteiger partial charge in [0.15, 0.2) is 0 Å². The van der Waals surface area contributed by atoms with Crippen LogP contribution in [0.5, 0.6) is 5.75 Å². The lowest BCUT2D eigenvalue weighted by Crippen LogP contribution is -2.46. The van der Waals surface area contributed by atoms with Crippen molar-refractivity contribution in [3.05, 3.63) is 90.0 Å². The molecule has 2 heterocycles. The minimum atomic E-state index is -0.406. The summed E-state index contributed by atoms with van der Waals surface area (Å²) in [5.74, 6) is 1.18. The predicted molar refractivity (Wildman–Crippen MR) is 152 cm³/mol. The zero-order valence-corrected chi connectivity index (χ0v) is 22.2. The van der Waals surface area contributed by atoms with Crippen LogP contribution in [0.4, 0.5) is 11.4 Å². The van der Waals surface area contributed by atoms with Crippen molar-refractivity contribution in [2.75, 3.05) is 49.6 Å². The van der Waals surface area contributed by atoms with Crippen molar-refractivity contribution in [3.63, 3.8) is 0 Å². The van der Waals surface area contributed by atoms with E-state index in [0.717, 1.165) is 69.8 Å². The second kappa shape index (κ2) is 11.4. The first-order valence-corrected chi connectivity index (χ1v) is 13.7. The first-order chi connectivity index (χ1) is 18.1. The molecule has 0 spiro atoms. The maximum Gasteiger partial charge on any atom is 0.238 e. The zero-order valence-electron chi connectivity index (χ0n) is 22.2. The Kier molecular flexibility index (Phi) is 7.80. The van der Waals surface area contributed by atoms with Crippen LogP contribution in [0.1, 0.15) is 43.7 Å². The monoisotopic (exact) mass is 497 g/mol. The normalized spacial score (nSPS) is 19.8. The van der Waals surface area contributed by atoms with E-state index in [4.69, 9.17) is 4.74 Å². The highest BCUT2D eigenvalue weighted by Crippen LogP contribution is 2.47. The van der Waals surface area contributed by atoms with E-state index in [2.05, 4.69) is 71.3 Å². The molecule has 2 aliphatic rings. The van der Waals surface area contributed by atoms with Crippen LogP contribution in [0.2, 0.25) is 0 Å². The van der Waals surface area contributed by atoms with Crippen LogP contribution < -0.4 is 14.5 Å². The van der Waals surface area contributed by atoms with E-state index in [-0.39, 0.29) is 5.91 Å². The second-order valence-electron chi connectivity index (χ2n) is 10.3. The Bertz CT molecular complexity index is 1190. The first-order valence-electron chi connectivity index (χ1n) is 13.7. The summed E-state index contributed by atoms with van der Waals surface area (Å²) in [4.78, 5) is 21.0. The number of carbonyl (C=O) groups excluding carboxylic acids is 1. The molecule has 3 aromatic carbocycles. The van der Waals surface area contributed by atoms with Crippen LogP contribution in [0.3, 0.4) is 0 Å². The van der Waals surface area contributed by atoms with Crippen molar-refractivity contribution < 1.29 is 9.53 Å². The van der Waals surface area contributed by atoms with E-state index in [9.17, 15) is 4.79 Å². The van der Waals surface area contributed by atoms with Gasteiger partial charge in [0.25, 0.3) is 0 Å². The molecule has 2 aliphatic heterocycles. The number of unbranched alkanes of at least 4 members (excludes halogenated alkanes) is 1. The topological polar surface area (TPSA) is 36.0 Å². The number of carbonyl (C=O) groups is 1. The Balaban J connectivity index is 1.17. The largest absolute Gasteiger partial charge is 0.497 e. The molecule has 0 N–H and O–H groups in total. The first kappa shape index (κ1) is 25.3. The van der Waals surface area contributed by atoms with Crippen LogP contribution in [0.25, 0.3) is 0 Å². The molecule has 5 heteroatoms. The average molecular weight is 498 g/mol. The minimum absolute atomic E-state index is 0.270. The molecule has 1 unspecified atom stereocenters. The SMILES string of the molecule is CCC1(CCCCN2CCN(c3cccc(OC)c3)CC2)C(=O)N(Cc2ccccc2)c2ccccc21. The van der Waals surface area contributed by atoms with E-state index in [1.54, 1.807) is 7.11 Å². The van der Waals surface area contributed by atoms with Crippen molar-refractivity contribution in [2.24, 2.45) is 0 Å². The summed E-state index contributed by atoms with van der Waals surface area (Å²) >= 11 is 0. The Morgan fingerprint density at radius 1 is 0.865 bits per heavy atom. The van der Waals surface area contributed by atoms with Gasteiger partial charge in [-0.3, -0.25) is 9.69 Å². The van der Waals surface area contributed by atoms with Gasteiger partial charge in [0.05, 0.1) is 19.1 Å². The van der Waals surface area contributed by atoms with Crippen LogP contribution in [-0.2, 0) is 16.8 Å². The molecule has 37 heavy (non-hydrogen) atoms. The van der Waals surface area contributed by atoms with Crippen LogP contribution in [0, 0.1) is 0 Å². The van der Waals surface area contributed by atoms with Gasteiger partial charge in [-0.05, 0) is 55.1 Å². The third kappa shape index (κ3) is 5.24. The molecule has 1 saturated heterocycles. The van der Waals surface area contributed by atoms with Crippen molar-refractivity contribution in [1.82, 2.24) is 4.90 Å². The number of nitrogens with zero attached hydrogens (tertiary/aromatic N) is 3. The molecular formula is C32H39N3O2. The lowest BCUT2D eigenvalue weighted by atomic mass is 9.75. The van der Waals surface area contributed by atoms with Gasteiger partial charge in [-0.15, -0.1) is 0 Å². The minimum Gasteiger partial charge on any atom is -0.497 e. The highest BCUT2D eigenvalue weighted by atomic mass is 16.5. The molecule has 1 atom stereocenters. The van der Waals surface area contributed by atoms with E-state index < -0.39 is 5.41 Å². The van der Waals surface area contributed by atoms with E-state index in [0.29, 0.717) is 6.54 Å². The number of rotatable bonds is 10. The molecule has 1 fully saturated rings. The molecule has 0 saturated carbocycles. The third-order valence-corrected chi connectivity index (χ3v) is 8.27. The summed E-state index contributed by atoms with van der Waals surface area (Å²) in [7, 11) is 1.72. The number of hydrogen-bond donors (Lipinski definition) is 0. The van der Waals surface area contributed by atoms with Gasteiger partial charge in [0.1, 0.15) is 5.75 Å². The van der Waals surface area contributed by atoms with Gasteiger partial charge in [-0.25, -0.2) is 0 Å². The quantitative estimate of drug-likeness (QED) is 0.328. The molecule has 0 aromatic heterocycles. The molecule has 5 rings (SSSR count). The molecule has 0 aliphatic carbocycles.